The zero-order valence-corrected chi connectivity index (χ0v) is 10.4. The fraction of sp³-hybridized carbons (Fsp3) is 0.727. The van der Waals surface area contributed by atoms with Gasteiger partial charge in [0.2, 0.25) is 0 Å². The van der Waals surface area contributed by atoms with Crippen LogP contribution in [0.25, 0.3) is 0 Å². The molecule has 0 saturated carbocycles. The molecule has 0 spiro atoms. The predicted octanol–water partition coefficient (Wildman–Crippen LogP) is 1.24. The summed E-state index contributed by atoms with van der Waals surface area (Å²) >= 11 is 0. The molecule has 92 valence electrons. The summed E-state index contributed by atoms with van der Waals surface area (Å²) in [4.78, 5) is 0. The van der Waals surface area contributed by atoms with Gasteiger partial charge in [0.15, 0.2) is 0 Å². The Kier molecular flexibility index (Phi) is 3.93. The monoisotopic (exact) mass is 227 g/mol. The van der Waals surface area contributed by atoms with Crippen molar-refractivity contribution in [3.63, 3.8) is 0 Å². The van der Waals surface area contributed by atoms with Crippen LogP contribution in [0.4, 0.5) is 5.82 Å². The molecule has 1 rings (SSSR count). The first kappa shape index (κ1) is 13.0. The molecule has 16 heavy (non-hydrogen) atoms. The number of anilines is 1. The molecule has 1 unspecified atom stereocenters. The van der Waals surface area contributed by atoms with Crippen LogP contribution in [0, 0.1) is 0 Å². The van der Waals surface area contributed by atoms with Crippen molar-refractivity contribution in [1.29, 1.82) is 0 Å². The molecular formula is C11H21N3O2. The van der Waals surface area contributed by atoms with E-state index in [0.29, 0.717) is 17.8 Å². The third-order valence-electron chi connectivity index (χ3n) is 2.95. The third kappa shape index (κ3) is 2.96. The van der Waals surface area contributed by atoms with Crippen molar-refractivity contribution in [2.45, 2.75) is 38.4 Å². The van der Waals surface area contributed by atoms with Gasteiger partial charge in [0, 0.05) is 19.7 Å². The van der Waals surface area contributed by atoms with E-state index in [-0.39, 0.29) is 5.60 Å². The van der Waals surface area contributed by atoms with Crippen LogP contribution in [0.2, 0.25) is 0 Å². The first-order valence-corrected chi connectivity index (χ1v) is 5.38. The second kappa shape index (κ2) is 4.84. The number of nitrogens with two attached hydrogens (primary N) is 1. The van der Waals surface area contributed by atoms with Gasteiger partial charge in [0.05, 0.1) is 17.9 Å². The molecule has 0 radical (unpaired) electrons. The van der Waals surface area contributed by atoms with Crippen molar-refractivity contribution in [3.8, 4) is 0 Å². The van der Waals surface area contributed by atoms with E-state index in [1.54, 1.807) is 25.0 Å². The average Bonchev–Trinajstić information content (AvgIpc) is 2.57. The Hall–Kier alpha value is -1.07. The Labute approximate surface area is 96.2 Å². The summed E-state index contributed by atoms with van der Waals surface area (Å²) in [6, 6.07) is 0. The van der Waals surface area contributed by atoms with Crippen LogP contribution in [-0.2, 0) is 11.8 Å². The predicted molar refractivity (Wildman–Crippen MR) is 62.9 cm³/mol. The molecule has 5 nitrogen and oxygen atoms in total. The first-order valence-electron chi connectivity index (χ1n) is 5.38. The molecule has 1 atom stereocenters. The molecule has 0 aliphatic rings. The van der Waals surface area contributed by atoms with Crippen molar-refractivity contribution >= 4 is 5.82 Å². The van der Waals surface area contributed by atoms with E-state index < -0.39 is 6.10 Å². The van der Waals surface area contributed by atoms with E-state index in [2.05, 4.69) is 5.10 Å². The second-order valence-corrected chi connectivity index (χ2v) is 4.63. The number of aliphatic hydroxyl groups excluding tert-OH is 1. The molecule has 0 aromatic carbocycles. The van der Waals surface area contributed by atoms with Gasteiger partial charge in [-0.2, -0.15) is 5.10 Å². The minimum absolute atomic E-state index is 0.224. The molecule has 0 aliphatic carbocycles. The molecule has 5 heteroatoms. The summed E-state index contributed by atoms with van der Waals surface area (Å²) in [6.45, 7) is 3.98. The number of nitrogens with zero attached hydrogens (tertiary/aromatic N) is 2. The van der Waals surface area contributed by atoms with Crippen molar-refractivity contribution in [3.05, 3.63) is 11.8 Å². The zero-order chi connectivity index (χ0) is 12.3. The molecule has 1 aromatic rings. The summed E-state index contributed by atoms with van der Waals surface area (Å²) in [6.07, 6.45) is 2.40. The van der Waals surface area contributed by atoms with Crippen LogP contribution in [-0.4, -0.2) is 27.6 Å². The van der Waals surface area contributed by atoms with Crippen LogP contribution in [0.5, 0.6) is 0 Å². The topological polar surface area (TPSA) is 73.3 Å². The SMILES string of the molecule is COC(C)(C)CCC(O)c1cnn(C)c1N. The summed E-state index contributed by atoms with van der Waals surface area (Å²) in [5.41, 5.74) is 6.25. The minimum atomic E-state index is -0.580. The Morgan fingerprint density at radius 1 is 1.62 bits per heavy atom. The standard InChI is InChI=1S/C11H21N3O2/c1-11(2,16-4)6-5-9(15)8-7-13-14(3)10(8)12/h7,9,15H,5-6,12H2,1-4H3. The molecule has 0 fully saturated rings. The number of hydrogen-bond donors (Lipinski definition) is 2. The molecule has 0 saturated heterocycles. The van der Waals surface area contributed by atoms with E-state index in [1.807, 2.05) is 13.8 Å². The lowest BCUT2D eigenvalue weighted by molar-refractivity contribution is 0.00284. The summed E-state index contributed by atoms with van der Waals surface area (Å²) in [5, 5.41) is 14.0. The van der Waals surface area contributed by atoms with Gasteiger partial charge in [-0.3, -0.25) is 4.68 Å². The van der Waals surface area contributed by atoms with Gasteiger partial charge in [-0.1, -0.05) is 0 Å². The normalized spacial score (nSPS) is 14.1. The quantitative estimate of drug-likeness (QED) is 0.793. The fourth-order valence-electron chi connectivity index (χ4n) is 1.46. The van der Waals surface area contributed by atoms with Crippen molar-refractivity contribution in [2.24, 2.45) is 7.05 Å². The minimum Gasteiger partial charge on any atom is -0.388 e. The molecule has 1 heterocycles. The summed E-state index contributed by atoms with van der Waals surface area (Å²) in [7, 11) is 3.43. The average molecular weight is 227 g/mol. The van der Waals surface area contributed by atoms with Gasteiger partial charge >= 0.3 is 0 Å². The number of methoxy groups -OCH3 is 1. The van der Waals surface area contributed by atoms with Crippen LogP contribution in [0.15, 0.2) is 6.20 Å². The fourth-order valence-corrected chi connectivity index (χ4v) is 1.46. The van der Waals surface area contributed by atoms with E-state index in [1.165, 1.54) is 0 Å². The van der Waals surface area contributed by atoms with E-state index in [4.69, 9.17) is 10.5 Å². The van der Waals surface area contributed by atoms with Crippen molar-refractivity contribution < 1.29 is 9.84 Å². The first-order chi connectivity index (χ1) is 7.37. The lowest BCUT2D eigenvalue weighted by Crippen LogP contribution is -2.23. The Morgan fingerprint density at radius 2 is 2.25 bits per heavy atom. The largest absolute Gasteiger partial charge is 0.388 e. The number of nitrogen functional groups attached to an aromatic ring is 1. The maximum Gasteiger partial charge on any atom is 0.127 e. The highest BCUT2D eigenvalue weighted by atomic mass is 16.5. The summed E-state index contributed by atoms with van der Waals surface area (Å²) < 4.78 is 6.85. The van der Waals surface area contributed by atoms with E-state index in [0.717, 1.165) is 6.42 Å². The lowest BCUT2D eigenvalue weighted by atomic mass is 9.98. The number of ether oxygens (including phenoxy) is 1. The molecule has 0 bridgehead atoms. The lowest BCUT2D eigenvalue weighted by Gasteiger charge is -2.24. The molecule has 0 amide bonds. The highest BCUT2D eigenvalue weighted by Crippen LogP contribution is 2.27. The van der Waals surface area contributed by atoms with E-state index >= 15 is 0 Å². The van der Waals surface area contributed by atoms with Gasteiger partial charge in [-0.25, -0.2) is 0 Å². The Bertz CT molecular complexity index is 347. The molecule has 3 N–H and O–H groups in total. The Balaban J connectivity index is 2.60. The number of aliphatic hydroxyl groups is 1. The number of aryl methyl sites for hydroxylation is 1. The van der Waals surface area contributed by atoms with Gasteiger partial charge in [0.1, 0.15) is 5.82 Å². The molecule has 1 aromatic heterocycles. The number of rotatable bonds is 5. The van der Waals surface area contributed by atoms with Gasteiger partial charge in [-0.05, 0) is 26.7 Å². The van der Waals surface area contributed by atoms with Crippen molar-refractivity contribution in [1.82, 2.24) is 9.78 Å². The highest BCUT2D eigenvalue weighted by molar-refractivity contribution is 5.39. The molecular weight excluding hydrogens is 206 g/mol. The third-order valence-corrected chi connectivity index (χ3v) is 2.95. The van der Waals surface area contributed by atoms with Crippen LogP contribution < -0.4 is 5.73 Å². The van der Waals surface area contributed by atoms with Gasteiger partial charge < -0.3 is 15.6 Å². The number of aromatic nitrogens is 2. The van der Waals surface area contributed by atoms with Gasteiger partial charge in [0.25, 0.3) is 0 Å². The molecule has 0 aliphatic heterocycles. The Morgan fingerprint density at radius 3 is 2.69 bits per heavy atom. The second-order valence-electron chi connectivity index (χ2n) is 4.63. The zero-order valence-electron chi connectivity index (χ0n) is 10.4. The maximum absolute atomic E-state index is 9.98. The highest BCUT2D eigenvalue weighted by Gasteiger charge is 2.21. The van der Waals surface area contributed by atoms with E-state index in [9.17, 15) is 5.11 Å². The van der Waals surface area contributed by atoms with Crippen molar-refractivity contribution in [2.75, 3.05) is 12.8 Å². The van der Waals surface area contributed by atoms with Gasteiger partial charge in [-0.15, -0.1) is 0 Å². The number of hydrogen-bond acceptors (Lipinski definition) is 4. The maximum atomic E-state index is 9.98. The smallest absolute Gasteiger partial charge is 0.127 e. The van der Waals surface area contributed by atoms with Crippen LogP contribution in [0.3, 0.4) is 0 Å². The van der Waals surface area contributed by atoms with Crippen LogP contribution >= 0.6 is 0 Å². The summed E-state index contributed by atoms with van der Waals surface area (Å²) in [5.74, 6) is 0.516. The van der Waals surface area contributed by atoms with Crippen LogP contribution in [0.1, 0.15) is 38.4 Å².